The molecule has 0 bridgehead atoms. The van der Waals surface area contributed by atoms with Crippen LogP contribution in [0.15, 0.2) is 53.6 Å². The van der Waals surface area contributed by atoms with Crippen LogP contribution < -0.4 is 14.8 Å². The number of hydrogen-bond acceptors (Lipinski definition) is 5. The number of methoxy groups -OCH3 is 1. The van der Waals surface area contributed by atoms with E-state index in [2.05, 4.69) is 15.0 Å². The van der Waals surface area contributed by atoms with Gasteiger partial charge in [0.05, 0.1) is 12.6 Å². The largest absolute Gasteiger partial charge is 0.495 e. The van der Waals surface area contributed by atoms with E-state index >= 15 is 0 Å². The van der Waals surface area contributed by atoms with E-state index in [1.165, 1.54) is 7.11 Å². The van der Waals surface area contributed by atoms with Crippen molar-refractivity contribution >= 4 is 38.2 Å². The summed E-state index contributed by atoms with van der Waals surface area (Å²) in [5.41, 5.74) is 2.48. The standard InChI is InChI=1S/C19H20ClN3O3S/c1-13-3-6-18(26-2)19(11-13)27(24,25)23-10-9-22-16-7-8-21-17-12-14(20)4-5-15(16)17/h3-8,11-12,23H,9-10H2,1-2H3,(H,21,22). The number of aryl methyl sites for hydroxylation is 1. The fourth-order valence-corrected chi connectivity index (χ4v) is 4.18. The second-order valence-corrected chi connectivity index (χ2v) is 8.17. The molecule has 1 aromatic heterocycles. The minimum absolute atomic E-state index is 0.133. The van der Waals surface area contributed by atoms with Crippen molar-refractivity contribution in [3.05, 3.63) is 59.2 Å². The molecule has 0 aliphatic rings. The molecule has 0 aliphatic carbocycles. The Labute approximate surface area is 163 Å². The minimum Gasteiger partial charge on any atom is -0.495 e. The maximum absolute atomic E-state index is 12.6. The number of benzene rings is 2. The molecule has 0 radical (unpaired) electrons. The Hall–Kier alpha value is -2.35. The van der Waals surface area contributed by atoms with Crippen molar-refractivity contribution in [3.63, 3.8) is 0 Å². The Kier molecular flexibility index (Phi) is 5.84. The number of sulfonamides is 1. The lowest BCUT2D eigenvalue weighted by atomic mass is 10.2. The smallest absolute Gasteiger partial charge is 0.244 e. The molecule has 0 fully saturated rings. The first kappa shape index (κ1) is 19.4. The minimum atomic E-state index is -3.67. The summed E-state index contributed by atoms with van der Waals surface area (Å²) in [6.45, 7) is 2.47. The molecular formula is C19H20ClN3O3S. The Morgan fingerprint density at radius 2 is 1.93 bits per heavy atom. The highest BCUT2D eigenvalue weighted by molar-refractivity contribution is 7.89. The first-order valence-corrected chi connectivity index (χ1v) is 10.2. The summed E-state index contributed by atoms with van der Waals surface area (Å²) in [6, 6.07) is 12.4. The molecular weight excluding hydrogens is 386 g/mol. The lowest BCUT2D eigenvalue weighted by Crippen LogP contribution is -2.29. The van der Waals surface area contributed by atoms with Crippen LogP contribution in [0.25, 0.3) is 10.9 Å². The first-order valence-electron chi connectivity index (χ1n) is 8.33. The fraction of sp³-hybridized carbons (Fsp3) is 0.211. The Bertz CT molecular complexity index is 1070. The van der Waals surface area contributed by atoms with Gasteiger partial charge in [0.2, 0.25) is 10.0 Å². The molecule has 142 valence electrons. The lowest BCUT2D eigenvalue weighted by molar-refractivity contribution is 0.402. The van der Waals surface area contributed by atoms with Crippen LogP contribution >= 0.6 is 11.6 Å². The van der Waals surface area contributed by atoms with Crippen molar-refractivity contribution in [1.82, 2.24) is 9.71 Å². The van der Waals surface area contributed by atoms with Gasteiger partial charge in [-0.1, -0.05) is 17.7 Å². The number of hydrogen-bond donors (Lipinski definition) is 2. The number of nitrogens with one attached hydrogen (secondary N) is 2. The molecule has 8 heteroatoms. The van der Waals surface area contributed by atoms with Crippen LogP contribution in [0, 0.1) is 6.92 Å². The molecule has 0 saturated carbocycles. The number of pyridine rings is 1. The van der Waals surface area contributed by atoms with Gasteiger partial charge >= 0.3 is 0 Å². The molecule has 0 saturated heterocycles. The molecule has 27 heavy (non-hydrogen) atoms. The first-order chi connectivity index (χ1) is 12.9. The van der Waals surface area contributed by atoms with E-state index in [9.17, 15) is 8.42 Å². The third-order valence-corrected chi connectivity index (χ3v) is 5.76. The summed E-state index contributed by atoms with van der Waals surface area (Å²) in [6.07, 6.45) is 1.68. The second-order valence-electron chi connectivity index (χ2n) is 6.00. The average Bonchev–Trinajstić information content (AvgIpc) is 2.65. The molecule has 0 atom stereocenters. The van der Waals surface area contributed by atoms with Gasteiger partial charge in [-0.05, 0) is 48.9 Å². The number of fused-ring (bicyclic) bond motifs is 1. The number of anilines is 1. The highest BCUT2D eigenvalue weighted by Gasteiger charge is 2.19. The quantitative estimate of drug-likeness (QED) is 0.587. The van der Waals surface area contributed by atoms with Crippen LogP contribution in [0.3, 0.4) is 0 Å². The van der Waals surface area contributed by atoms with E-state index < -0.39 is 10.0 Å². The van der Waals surface area contributed by atoms with Gasteiger partial charge < -0.3 is 10.1 Å². The highest BCUT2D eigenvalue weighted by Crippen LogP contribution is 2.25. The van der Waals surface area contributed by atoms with E-state index in [0.717, 1.165) is 22.2 Å². The Morgan fingerprint density at radius 3 is 2.70 bits per heavy atom. The molecule has 3 aromatic rings. The zero-order valence-corrected chi connectivity index (χ0v) is 16.6. The van der Waals surface area contributed by atoms with Gasteiger partial charge in [0.25, 0.3) is 0 Å². The van der Waals surface area contributed by atoms with E-state index in [0.29, 0.717) is 17.3 Å². The van der Waals surface area contributed by atoms with Crippen molar-refractivity contribution in [1.29, 1.82) is 0 Å². The third-order valence-electron chi connectivity index (χ3n) is 4.05. The SMILES string of the molecule is COc1ccc(C)cc1S(=O)(=O)NCCNc1ccnc2cc(Cl)ccc12. The van der Waals surface area contributed by atoms with Gasteiger partial charge in [0.15, 0.2) is 0 Å². The van der Waals surface area contributed by atoms with Crippen LogP contribution in [0.1, 0.15) is 5.56 Å². The summed E-state index contributed by atoms with van der Waals surface area (Å²) < 4.78 is 32.9. The maximum atomic E-state index is 12.6. The van der Waals surface area contributed by atoms with Crippen molar-refractivity contribution in [2.45, 2.75) is 11.8 Å². The van der Waals surface area contributed by atoms with Crippen LogP contribution in [0.5, 0.6) is 5.75 Å². The predicted octanol–water partition coefficient (Wildman–Crippen LogP) is 3.60. The average molecular weight is 406 g/mol. The van der Waals surface area contributed by atoms with Crippen molar-refractivity contribution in [2.75, 3.05) is 25.5 Å². The summed E-state index contributed by atoms with van der Waals surface area (Å²) in [5, 5.41) is 4.77. The predicted molar refractivity (Wildman–Crippen MR) is 108 cm³/mol. The number of nitrogens with zero attached hydrogens (tertiary/aromatic N) is 1. The lowest BCUT2D eigenvalue weighted by Gasteiger charge is -2.13. The van der Waals surface area contributed by atoms with Crippen LogP contribution in [0.4, 0.5) is 5.69 Å². The molecule has 0 spiro atoms. The molecule has 1 heterocycles. The maximum Gasteiger partial charge on any atom is 0.244 e. The number of ether oxygens (including phenoxy) is 1. The van der Waals surface area contributed by atoms with E-state index in [1.54, 1.807) is 36.5 Å². The summed E-state index contributed by atoms with van der Waals surface area (Å²) in [4.78, 5) is 4.42. The van der Waals surface area contributed by atoms with Crippen LogP contribution in [-0.2, 0) is 10.0 Å². The van der Waals surface area contributed by atoms with Gasteiger partial charge in [-0.25, -0.2) is 13.1 Å². The fourth-order valence-electron chi connectivity index (χ4n) is 2.73. The molecule has 2 aromatic carbocycles. The third kappa shape index (κ3) is 4.50. The van der Waals surface area contributed by atoms with Gasteiger partial charge in [-0.2, -0.15) is 0 Å². The van der Waals surface area contributed by atoms with Crippen molar-refractivity contribution in [2.24, 2.45) is 0 Å². The Morgan fingerprint density at radius 1 is 1.11 bits per heavy atom. The van der Waals surface area contributed by atoms with E-state index in [1.807, 2.05) is 19.1 Å². The monoisotopic (exact) mass is 405 g/mol. The van der Waals surface area contributed by atoms with Gasteiger partial charge in [-0.3, -0.25) is 4.98 Å². The van der Waals surface area contributed by atoms with Gasteiger partial charge in [0, 0.05) is 35.4 Å². The number of aromatic nitrogens is 1. The van der Waals surface area contributed by atoms with Gasteiger partial charge in [0.1, 0.15) is 10.6 Å². The van der Waals surface area contributed by atoms with Crippen LogP contribution in [-0.4, -0.2) is 33.6 Å². The normalized spacial score (nSPS) is 11.5. The second kappa shape index (κ2) is 8.12. The molecule has 0 unspecified atom stereocenters. The molecule has 3 rings (SSSR count). The molecule has 6 nitrogen and oxygen atoms in total. The number of halogens is 1. The molecule has 2 N–H and O–H groups in total. The van der Waals surface area contributed by atoms with Crippen molar-refractivity contribution in [3.8, 4) is 5.75 Å². The zero-order chi connectivity index (χ0) is 19.4. The summed E-state index contributed by atoms with van der Waals surface area (Å²) >= 11 is 5.99. The highest BCUT2D eigenvalue weighted by atomic mass is 35.5. The van der Waals surface area contributed by atoms with Crippen molar-refractivity contribution < 1.29 is 13.2 Å². The van der Waals surface area contributed by atoms with E-state index in [4.69, 9.17) is 16.3 Å². The summed E-state index contributed by atoms with van der Waals surface area (Å²) in [7, 11) is -2.22. The van der Waals surface area contributed by atoms with Crippen LogP contribution in [0.2, 0.25) is 5.02 Å². The summed E-state index contributed by atoms with van der Waals surface area (Å²) in [5.74, 6) is 0.318. The van der Waals surface area contributed by atoms with E-state index in [-0.39, 0.29) is 11.4 Å². The molecule has 0 amide bonds. The Balaban J connectivity index is 1.68. The number of rotatable bonds is 7. The molecule has 0 aliphatic heterocycles. The van der Waals surface area contributed by atoms with Gasteiger partial charge in [-0.15, -0.1) is 0 Å². The topological polar surface area (TPSA) is 80.3 Å². The zero-order valence-electron chi connectivity index (χ0n) is 15.0.